The second kappa shape index (κ2) is 7.46. The molecule has 2 aromatic heterocycles. The van der Waals surface area contributed by atoms with Gasteiger partial charge in [-0.3, -0.25) is 9.78 Å². The van der Waals surface area contributed by atoms with Crippen LogP contribution in [0.4, 0.5) is 5.69 Å². The van der Waals surface area contributed by atoms with Crippen LogP contribution in [0.3, 0.4) is 0 Å². The molecule has 0 bridgehead atoms. The largest absolute Gasteiger partial charge is 0.410 e. The summed E-state index contributed by atoms with van der Waals surface area (Å²) in [4.78, 5) is 16.2. The van der Waals surface area contributed by atoms with Crippen molar-refractivity contribution in [3.05, 3.63) is 53.2 Å². The van der Waals surface area contributed by atoms with Crippen LogP contribution in [-0.2, 0) is 4.79 Å². The SMILES string of the molecule is Cc1ccc(Cl)cc1NC(=O)CSc1nnc(-c2ccccn2)o1. The molecular weight excluding hydrogens is 348 g/mol. The Bertz CT molecular complexity index is 854. The molecule has 0 aliphatic carbocycles. The Balaban J connectivity index is 1.59. The zero-order valence-electron chi connectivity index (χ0n) is 12.7. The van der Waals surface area contributed by atoms with E-state index < -0.39 is 0 Å². The first kappa shape index (κ1) is 16.5. The number of carbonyl (C=O) groups excluding carboxylic acids is 1. The molecule has 6 nitrogen and oxygen atoms in total. The van der Waals surface area contributed by atoms with E-state index >= 15 is 0 Å². The van der Waals surface area contributed by atoms with Crippen LogP contribution < -0.4 is 5.32 Å². The van der Waals surface area contributed by atoms with Crippen molar-refractivity contribution < 1.29 is 9.21 Å². The number of halogens is 1. The van der Waals surface area contributed by atoms with E-state index in [9.17, 15) is 4.79 Å². The van der Waals surface area contributed by atoms with Gasteiger partial charge in [0.05, 0.1) is 5.75 Å². The number of thioether (sulfide) groups is 1. The number of rotatable bonds is 5. The summed E-state index contributed by atoms with van der Waals surface area (Å²) >= 11 is 7.10. The molecule has 0 spiro atoms. The van der Waals surface area contributed by atoms with Crippen LogP contribution in [0.2, 0.25) is 5.02 Å². The van der Waals surface area contributed by atoms with Gasteiger partial charge in [0.25, 0.3) is 11.1 Å². The summed E-state index contributed by atoms with van der Waals surface area (Å²) in [6.45, 7) is 1.90. The quantitative estimate of drug-likeness (QED) is 0.696. The fourth-order valence-corrected chi connectivity index (χ4v) is 2.64. The van der Waals surface area contributed by atoms with Crippen molar-refractivity contribution in [2.24, 2.45) is 0 Å². The van der Waals surface area contributed by atoms with Crippen molar-refractivity contribution in [1.29, 1.82) is 0 Å². The van der Waals surface area contributed by atoms with Crippen molar-refractivity contribution in [2.45, 2.75) is 12.1 Å². The van der Waals surface area contributed by atoms with Crippen LogP contribution >= 0.6 is 23.4 Å². The smallest absolute Gasteiger partial charge is 0.277 e. The standard InChI is InChI=1S/C16H13ClN4O2S/c1-10-5-6-11(17)8-13(10)19-14(22)9-24-16-21-20-15(23-16)12-4-2-3-7-18-12/h2-8H,9H2,1H3,(H,19,22). The molecule has 0 unspecified atom stereocenters. The second-order valence-electron chi connectivity index (χ2n) is 4.88. The number of amides is 1. The molecule has 24 heavy (non-hydrogen) atoms. The molecule has 3 rings (SSSR count). The second-order valence-corrected chi connectivity index (χ2v) is 6.25. The lowest BCUT2D eigenvalue weighted by Gasteiger charge is -2.07. The van der Waals surface area contributed by atoms with Gasteiger partial charge in [0.15, 0.2) is 0 Å². The highest BCUT2D eigenvalue weighted by atomic mass is 35.5. The van der Waals surface area contributed by atoms with E-state index in [1.807, 2.05) is 19.1 Å². The number of aryl methyl sites for hydroxylation is 1. The Morgan fingerprint density at radius 2 is 2.17 bits per heavy atom. The molecule has 0 aliphatic rings. The van der Waals surface area contributed by atoms with Gasteiger partial charge < -0.3 is 9.73 Å². The van der Waals surface area contributed by atoms with Crippen molar-refractivity contribution >= 4 is 35.0 Å². The van der Waals surface area contributed by atoms with Crippen LogP contribution in [0, 0.1) is 6.92 Å². The number of aromatic nitrogens is 3. The Kier molecular flexibility index (Phi) is 5.12. The van der Waals surface area contributed by atoms with E-state index in [0.29, 0.717) is 27.5 Å². The zero-order valence-corrected chi connectivity index (χ0v) is 14.3. The van der Waals surface area contributed by atoms with Gasteiger partial charge in [-0.1, -0.05) is 35.5 Å². The maximum atomic E-state index is 12.0. The molecule has 0 radical (unpaired) electrons. The fraction of sp³-hybridized carbons (Fsp3) is 0.125. The van der Waals surface area contributed by atoms with Gasteiger partial charge in [0, 0.05) is 16.9 Å². The topological polar surface area (TPSA) is 80.9 Å². The molecule has 1 amide bonds. The summed E-state index contributed by atoms with van der Waals surface area (Å²) in [5.74, 6) is 0.294. The Morgan fingerprint density at radius 3 is 2.96 bits per heavy atom. The third kappa shape index (κ3) is 4.12. The van der Waals surface area contributed by atoms with Crippen LogP contribution in [0.1, 0.15) is 5.56 Å². The molecule has 0 atom stereocenters. The maximum absolute atomic E-state index is 12.0. The highest BCUT2D eigenvalue weighted by Crippen LogP contribution is 2.23. The number of pyridine rings is 1. The molecule has 3 aromatic rings. The minimum Gasteiger partial charge on any atom is -0.410 e. The van der Waals surface area contributed by atoms with Gasteiger partial charge in [0.1, 0.15) is 5.69 Å². The van der Waals surface area contributed by atoms with Crippen LogP contribution in [-0.4, -0.2) is 26.8 Å². The van der Waals surface area contributed by atoms with Gasteiger partial charge in [-0.2, -0.15) is 0 Å². The number of hydrogen-bond acceptors (Lipinski definition) is 6. The van der Waals surface area contributed by atoms with Gasteiger partial charge in [-0.05, 0) is 36.8 Å². The minimum absolute atomic E-state index is 0.149. The summed E-state index contributed by atoms with van der Waals surface area (Å²) in [5.41, 5.74) is 2.22. The average molecular weight is 361 g/mol. The number of nitrogens with one attached hydrogen (secondary N) is 1. The first-order chi connectivity index (χ1) is 11.6. The molecule has 0 saturated carbocycles. The van der Waals surface area contributed by atoms with E-state index in [1.54, 1.807) is 30.5 Å². The van der Waals surface area contributed by atoms with Crippen LogP contribution in [0.15, 0.2) is 52.2 Å². The lowest BCUT2D eigenvalue weighted by atomic mass is 10.2. The molecule has 0 aliphatic heterocycles. The summed E-state index contributed by atoms with van der Waals surface area (Å²) in [7, 11) is 0. The first-order valence-corrected chi connectivity index (χ1v) is 8.42. The highest BCUT2D eigenvalue weighted by Gasteiger charge is 2.12. The third-order valence-electron chi connectivity index (χ3n) is 3.09. The van der Waals surface area contributed by atoms with Crippen molar-refractivity contribution in [3.63, 3.8) is 0 Å². The molecule has 1 N–H and O–H groups in total. The normalized spacial score (nSPS) is 10.6. The first-order valence-electron chi connectivity index (χ1n) is 7.05. The van der Waals surface area contributed by atoms with E-state index in [4.69, 9.17) is 16.0 Å². The molecule has 1 aromatic carbocycles. The van der Waals surface area contributed by atoms with Gasteiger partial charge in [-0.25, -0.2) is 0 Å². The Labute approximate surface area is 147 Å². The summed E-state index contributed by atoms with van der Waals surface area (Å²) < 4.78 is 5.49. The van der Waals surface area contributed by atoms with E-state index in [0.717, 1.165) is 17.3 Å². The molecule has 122 valence electrons. The lowest BCUT2D eigenvalue weighted by molar-refractivity contribution is -0.113. The Hall–Kier alpha value is -2.38. The fourth-order valence-electron chi connectivity index (χ4n) is 1.90. The van der Waals surface area contributed by atoms with Crippen LogP contribution in [0.25, 0.3) is 11.6 Å². The van der Waals surface area contributed by atoms with Gasteiger partial charge in [0.2, 0.25) is 5.91 Å². The predicted octanol–water partition coefficient (Wildman–Crippen LogP) is 3.82. The zero-order chi connectivity index (χ0) is 16.9. The highest BCUT2D eigenvalue weighted by molar-refractivity contribution is 7.99. The van der Waals surface area contributed by atoms with Crippen molar-refractivity contribution in [2.75, 3.05) is 11.1 Å². The van der Waals surface area contributed by atoms with E-state index in [-0.39, 0.29) is 11.7 Å². The number of benzene rings is 1. The summed E-state index contributed by atoms with van der Waals surface area (Å²) in [6.07, 6.45) is 1.65. The van der Waals surface area contributed by atoms with Gasteiger partial charge >= 0.3 is 0 Å². The lowest BCUT2D eigenvalue weighted by Crippen LogP contribution is -2.14. The monoisotopic (exact) mass is 360 g/mol. The van der Waals surface area contributed by atoms with Crippen molar-refractivity contribution in [1.82, 2.24) is 15.2 Å². The number of nitrogens with zero attached hydrogens (tertiary/aromatic N) is 3. The third-order valence-corrected chi connectivity index (χ3v) is 4.14. The molecule has 0 fully saturated rings. The number of carbonyl (C=O) groups is 1. The molecule has 2 heterocycles. The van der Waals surface area contributed by atoms with Gasteiger partial charge in [-0.15, -0.1) is 10.2 Å². The molecule has 8 heteroatoms. The predicted molar refractivity (Wildman–Crippen MR) is 93.1 cm³/mol. The minimum atomic E-state index is -0.178. The summed E-state index contributed by atoms with van der Waals surface area (Å²) in [6, 6.07) is 10.8. The molecular formula is C16H13ClN4O2S. The summed E-state index contributed by atoms with van der Waals surface area (Å²) in [5, 5.41) is 11.5. The average Bonchev–Trinajstić information content (AvgIpc) is 3.06. The van der Waals surface area contributed by atoms with Crippen molar-refractivity contribution in [3.8, 4) is 11.6 Å². The number of anilines is 1. The maximum Gasteiger partial charge on any atom is 0.277 e. The number of hydrogen-bond donors (Lipinski definition) is 1. The van der Waals surface area contributed by atoms with E-state index in [2.05, 4.69) is 20.5 Å². The van der Waals surface area contributed by atoms with Crippen LogP contribution in [0.5, 0.6) is 0 Å². The molecule has 0 saturated heterocycles. The Morgan fingerprint density at radius 1 is 1.29 bits per heavy atom. The van der Waals surface area contributed by atoms with E-state index in [1.165, 1.54) is 0 Å².